The molecule has 6 nitrogen and oxygen atoms in total. The Labute approximate surface area is 165 Å². The molecule has 1 amide bonds. The molecule has 0 fully saturated rings. The Morgan fingerprint density at radius 2 is 1.93 bits per heavy atom. The number of nitrogens with zero attached hydrogens (tertiary/aromatic N) is 3. The first kappa shape index (κ1) is 20.0. The molecule has 11 heteroatoms. The van der Waals surface area contributed by atoms with Crippen molar-refractivity contribution in [3.05, 3.63) is 74.1 Å². The molecule has 28 heavy (non-hydrogen) atoms. The SMILES string of the molecule is O=C(Cn1cc(C(F)(F)F)cc(Cl)c1=O)Nc1nnc(Cc2ccccc2)s1. The van der Waals surface area contributed by atoms with E-state index in [1.807, 2.05) is 30.3 Å². The number of aromatic nitrogens is 3. The summed E-state index contributed by atoms with van der Waals surface area (Å²) in [5.74, 6) is -0.722. The molecule has 1 aromatic carbocycles. The van der Waals surface area contributed by atoms with Gasteiger partial charge in [0.2, 0.25) is 11.0 Å². The number of halogens is 4. The fourth-order valence-electron chi connectivity index (χ4n) is 2.33. The van der Waals surface area contributed by atoms with Crippen molar-refractivity contribution in [2.75, 3.05) is 5.32 Å². The van der Waals surface area contributed by atoms with Crippen molar-refractivity contribution < 1.29 is 18.0 Å². The lowest BCUT2D eigenvalue weighted by Gasteiger charge is -2.11. The van der Waals surface area contributed by atoms with Gasteiger partial charge in [-0.3, -0.25) is 14.9 Å². The zero-order valence-electron chi connectivity index (χ0n) is 14.0. The van der Waals surface area contributed by atoms with E-state index in [2.05, 4.69) is 15.5 Å². The second-order valence-corrected chi connectivity index (χ2v) is 7.19. The van der Waals surface area contributed by atoms with Crippen LogP contribution >= 0.6 is 22.9 Å². The number of hydrogen-bond acceptors (Lipinski definition) is 5. The zero-order valence-corrected chi connectivity index (χ0v) is 15.6. The van der Waals surface area contributed by atoms with Crippen LogP contribution in [0.2, 0.25) is 5.02 Å². The maximum Gasteiger partial charge on any atom is 0.417 e. The normalized spacial score (nSPS) is 11.4. The number of anilines is 1. The maximum atomic E-state index is 12.9. The van der Waals surface area contributed by atoms with Gasteiger partial charge in [-0.25, -0.2) is 0 Å². The minimum absolute atomic E-state index is 0.182. The van der Waals surface area contributed by atoms with Gasteiger partial charge in [-0.1, -0.05) is 53.3 Å². The summed E-state index contributed by atoms with van der Waals surface area (Å²) in [6, 6.07) is 10.0. The van der Waals surface area contributed by atoms with Gasteiger partial charge in [0.15, 0.2) is 0 Å². The number of amides is 1. The number of carbonyl (C=O) groups excluding carboxylic acids is 1. The number of nitrogens with one attached hydrogen (secondary N) is 1. The number of carbonyl (C=O) groups is 1. The van der Waals surface area contributed by atoms with Gasteiger partial charge in [0.05, 0.1) is 5.56 Å². The third-order valence-electron chi connectivity index (χ3n) is 3.59. The largest absolute Gasteiger partial charge is 0.417 e. The molecule has 0 saturated carbocycles. The van der Waals surface area contributed by atoms with Crippen LogP contribution in [0.15, 0.2) is 47.4 Å². The molecule has 0 bridgehead atoms. The van der Waals surface area contributed by atoms with Crippen LogP contribution in [0.5, 0.6) is 0 Å². The highest BCUT2D eigenvalue weighted by atomic mass is 35.5. The number of rotatable bonds is 5. The van der Waals surface area contributed by atoms with Gasteiger partial charge < -0.3 is 4.57 Å². The number of benzene rings is 1. The molecular weight excluding hydrogens is 417 g/mol. The van der Waals surface area contributed by atoms with E-state index in [0.717, 1.165) is 16.9 Å². The molecule has 146 valence electrons. The van der Waals surface area contributed by atoms with Crippen molar-refractivity contribution in [2.24, 2.45) is 0 Å². The van der Waals surface area contributed by atoms with Crippen LogP contribution in [0.4, 0.5) is 18.3 Å². The summed E-state index contributed by atoms with van der Waals surface area (Å²) in [6.45, 7) is -0.643. The first-order chi connectivity index (χ1) is 13.2. The van der Waals surface area contributed by atoms with Crippen LogP contribution in [0, 0.1) is 0 Å². The van der Waals surface area contributed by atoms with Gasteiger partial charge >= 0.3 is 6.18 Å². The van der Waals surface area contributed by atoms with E-state index in [4.69, 9.17) is 11.6 Å². The number of pyridine rings is 1. The Morgan fingerprint density at radius 1 is 1.21 bits per heavy atom. The zero-order chi connectivity index (χ0) is 20.3. The third kappa shape index (κ3) is 4.96. The Kier molecular flexibility index (Phi) is 5.80. The van der Waals surface area contributed by atoms with Crippen LogP contribution in [0.1, 0.15) is 16.1 Å². The molecule has 0 aliphatic carbocycles. The smallest absolute Gasteiger partial charge is 0.304 e. The van der Waals surface area contributed by atoms with Crippen LogP contribution < -0.4 is 10.9 Å². The lowest BCUT2D eigenvalue weighted by molar-refractivity contribution is -0.138. The second kappa shape index (κ2) is 8.11. The molecule has 0 atom stereocenters. The second-order valence-electron chi connectivity index (χ2n) is 5.72. The van der Waals surface area contributed by atoms with E-state index in [-0.39, 0.29) is 5.13 Å². The van der Waals surface area contributed by atoms with Crippen molar-refractivity contribution in [3.63, 3.8) is 0 Å². The van der Waals surface area contributed by atoms with Gasteiger partial charge in [0.1, 0.15) is 16.6 Å². The lowest BCUT2D eigenvalue weighted by Crippen LogP contribution is -2.29. The quantitative estimate of drug-likeness (QED) is 0.673. The van der Waals surface area contributed by atoms with Crippen LogP contribution in [0.25, 0.3) is 0 Å². The monoisotopic (exact) mass is 428 g/mol. The molecule has 2 heterocycles. The highest BCUT2D eigenvalue weighted by molar-refractivity contribution is 7.15. The lowest BCUT2D eigenvalue weighted by atomic mass is 10.2. The molecule has 0 spiro atoms. The van der Waals surface area contributed by atoms with E-state index in [1.165, 1.54) is 0 Å². The van der Waals surface area contributed by atoms with Crippen molar-refractivity contribution in [2.45, 2.75) is 19.1 Å². The molecule has 1 N–H and O–H groups in total. The first-order valence-corrected chi connectivity index (χ1v) is 9.05. The van der Waals surface area contributed by atoms with E-state index >= 15 is 0 Å². The van der Waals surface area contributed by atoms with E-state index < -0.39 is 34.8 Å². The number of hydrogen-bond donors (Lipinski definition) is 1. The molecular formula is C17H12ClF3N4O2S. The summed E-state index contributed by atoms with van der Waals surface area (Å²) >= 11 is 6.70. The Bertz CT molecular complexity index is 1050. The van der Waals surface area contributed by atoms with Crippen LogP contribution in [0.3, 0.4) is 0 Å². The molecule has 2 aromatic heterocycles. The fraction of sp³-hybridized carbons (Fsp3) is 0.176. The van der Waals surface area contributed by atoms with Crippen molar-refractivity contribution >= 4 is 34.0 Å². The van der Waals surface area contributed by atoms with Crippen LogP contribution in [-0.2, 0) is 23.9 Å². The molecule has 0 aliphatic rings. The van der Waals surface area contributed by atoms with Crippen molar-refractivity contribution in [1.82, 2.24) is 14.8 Å². The standard InChI is InChI=1S/C17H12ClF3N4O2S/c18-12-7-11(17(19,20)21)8-25(15(12)27)9-13(26)22-16-24-23-14(28-16)6-10-4-2-1-3-5-10/h1-5,7-8H,6,9H2,(H,22,24,26). The van der Waals surface area contributed by atoms with Gasteiger partial charge in [0, 0.05) is 12.6 Å². The minimum atomic E-state index is -4.69. The molecule has 3 rings (SSSR count). The summed E-state index contributed by atoms with van der Waals surface area (Å²) in [5.41, 5.74) is -1.00. The average molecular weight is 429 g/mol. The van der Waals surface area contributed by atoms with Gasteiger partial charge in [0.25, 0.3) is 5.56 Å². The summed E-state index contributed by atoms with van der Waals surface area (Å²) in [5, 5.41) is 10.4. The van der Waals surface area contributed by atoms with Crippen LogP contribution in [-0.4, -0.2) is 20.7 Å². The molecule has 0 radical (unpaired) electrons. The van der Waals surface area contributed by atoms with Gasteiger partial charge in [-0.15, -0.1) is 10.2 Å². The van der Waals surface area contributed by atoms with E-state index in [0.29, 0.717) is 28.3 Å². The van der Waals surface area contributed by atoms with E-state index in [9.17, 15) is 22.8 Å². The highest BCUT2D eigenvalue weighted by Gasteiger charge is 2.32. The summed E-state index contributed by atoms with van der Waals surface area (Å²) in [4.78, 5) is 24.0. The number of alkyl halides is 3. The molecule has 0 saturated heterocycles. The third-order valence-corrected chi connectivity index (χ3v) is 4.70. The minimum Gasteiger partial charge on any atom is -0.304 e. The topological polar surface area (TPSA) is 76.9 Å². The summed E-state index contributed by atoms with van der Waals surface area (Å²) in [7, 11) is 0. The van der Waals surface area contributed by atoms with Gasteiger partial charge in [-0.2, -0.15) is 13.2 Å². The molecule has 0 unspecified atom stereocenters. The first-order valence-electron chi connectivity index (χ1n) is 7.86. The fourth-order valence-corrected chi connectivity index (χ4v) is 3.35. The Balaban J connectivity index is 1.70. The van der Waals surface area contributed by atoms with Crippen molar-refractivity contribution in [3.8, 4) is 0 Å². The van der Waals surface area contributed by atoms with E-state index in [1.54, 1.807) is 0 Å². The van der Waals surface area contributed by atoms with Crippen molar-refractivity contribution in [1.29, 1.82) is 0 Å². The summed E-state index contributed by atoms with van der Waals surface area (Å²) < 4.78 is 39.2. The average Bonchev–Trinajstić information content (AvgIpc) is 3.05. The highest BCUT2D eigenvalue weighted by Crippen LogP contribution is 2.29. The Morgan fingerprint density at radius 3 is 2.61 bits per heavy atom. The molecule has 0 aliphatic heterocycles. The predicted molar refractivity (Wildman–Crippen MR) is 98.5 cm³/mol. The maximum absolute atomic E-state index is 12.9. The Hall–Kier alpha value is -2.72. The van der Waals surface area contributed by atoms with Gasteiger partial charge in [-0.05, 0) is 11.6 Å². The molecule has 3 aromatic rings. The summed E-state index contributed by atoms with van der Waals surface area (Å²) in [6.07, 6.45) is -3.62. The predicted octanol–water partition coefficient (Wildman–Crippen LogP) is 3.60.